The van der Waals surface area contributed by atoms with Gasteiger partial charge in [-0.25, -0.2) is 4.68 Å². The van der Waals surface area contributed by atoms with Gasteiger partial charge < -0.3 is 14.8 Å². The summed E-state index contributed by atoms with van der Waals surface area (Å²) >= 11 is 0. The van der Waals surface area contributed by atoms with Crippen LogP contribution < -0.4 is 14.8 Å². The molecule has 25 heavy (non-hydrogen) atoms. The second kappa shape index (κ2) is 6.32. The third kappa shape index (κ3) is 2.71. The average molecular weight is 334 g/mol. The van der Waals surface area contributed by atoms with E-state index in [-0.39, 0.29) is 6.04 Å². The lowest BCUT2D eigenvalue weighted by Crippen LogP contribution is -2.20. The molecule has 1 aliphatic heterocycles. The van der Waals surface area contributed by atoms with Crippen LogP contribution in [0.4, 0.5) is 5.95 Å². The van der Waals surface area contributed by atoms with E-state index in [1.54, 1.807) is 20.5 Å². The van der Waals surface area contributed by atoms with Crippen molar-refractivity contribution < 1.29 is 9.47 Å². The van der Waals surface area contributed by atoms with Gasteiger partial charge in [-0.3, -0.25) is 0 Å². The van der Waals surface area contributed by atoms with Gasteiger partial charge in [0, 0.05) is 11.3 Å². The van der Waals surface area contributed by atoms with Crippen molar-refractivity contribution in [2.75, 3.05) is 19.5 Å². The molecular formula is C19H18N4O2. The number of nitrogens with zero attached hydrogens (tertiary/aromatic N) is 3. The van der Waals surface area contributed by atoms with Gasteiger partial charge in [0.2, 0.25) is 5.95 Å². The Kier molecular flexibility index (Phi) is 3.85. The zero-order valence-corrected chi connectivity index (χ0v) is 14.0. The lowest BCUT2D eigenvalue weighted by Gasteiger charge is -2.24. The van der Waals surface area contributed by atoms with Gasteiger partial charge in [-0.15, -0.1) is 0 Å². The predicted molar refractivity (Wildman–Crippen MR) is 95.7 cm³/mol. The number of methoxy groups -OCH3 is 2. The summed E-state index contributed by atoms with van der Waals surface area (Å²) in [6.45, 7) is 0. The smallest absolute Gasteiger partial charge is 0.226 e. The molecule has 6 heteroatoms. The first-order chi connectivity index (χ1) is 12.3. The molecule has 0 spiro atoms. The van der Waals surface area contributed by atoms with Gasteiger partial charge in [-0.1, -0.05) is 30.3 Å². The average Bonchev–Trinajstić information content (AvgIpc) is 3.16. The number of aromatic nitrogens is 3. The quantitative estimate of drug-likeness (QED) is 0.793. The van der Waals surface area contributed by atoms with E-state index in [0.717, 1.165) is 16.8 Å². The zero-order valence-electron chi connectivity index (χ0n) is 14.0. The standard InChI is InChI=1S/C19H18N4O2/c1-24-17-9-8-14(10-18(17)25-2)15-11-16(13-6-4-3-5-7-13)23-19(22-15)20-12-21-23/h3-12,16H,1-2H3,(H,20,21,22). The fourth-order valence-electron chi connectivity index (χ4n) is 2.99. The summed E-state index contributed by atoms with van der Waals surface area (Å²) in [7, 11) is 3.26. The van der Waals surface area contributed by atoms with Crippen molar-refractivity contribution in [3.63, 3.8) is 0 Å². The highest BCUT2D eigenvalue weighted by Crippen LogP contribution is 2.35. The predicted octanol–water partition coefficient (Wildman–Crippen LogP) is 3.35. The van der Waals surface area contributed by atoms with E-state index in [1.807, 2.05) is 41.1 Å². The molecule has 4 rings (SSSR count). The first-order valence-electron chi connectivity index (χ1n) is 7.96. The topological polar surface area (TPSA) is 61.2 Å². The van der Waals surface area contributed by atoms with Crippen LogP contribution in [0.2, 0.25) is 0 Å². The van der Waals surface area contributed by atoms with Gasteiger partial charge in [-0.2, -0.15) is 10.1 Å². The number of rotatable bonds is 4. The molecule has 2 heterocycles. The molecule has 0 radical (unpaired) electrons. The van der Waals surface area contributed by atoms with E-state index in [4.69, 9.17) is 9.47 Å². The number of ether oxygens (including phenoxy) is 2. The lowest BCUT2D eigenvalue weighted by atomic mass is 10.0. The molecule has 126 valence electrons. The minimum Gasteiger partial charge on any atom is -0.493 e. The molecule has 3 aromatic rings. The summed E-state index contributed by atoms with van der Waals surface area (Å²) in [5, 5.41) is 7.69. The first kappa shape index (κ1) is 15.3. The Morgan fingerprint density at radius 3 is 2.56 bits per heavy atom. The Morgan fingerprint density at radius 1 is 1.00 bits per heavy atom. The summed E-state index contributed by atoms with van der Waals surface area (Å²) in [6, 6.07) is 16.0. The highest BCUT2D eigenvalue weighted by Gasteiger charge is 2.23. The SMILES string of the molecule is COc1ccc(C2=CC(c3ccccc3)n3ncnc3N2)cc1OC. The Bertz CT molecular complexity index is 918. The molecule has 0 saturated carbocycles. The van der Waals surface area contributed by atoms with Gasteiger partial charge in [0.15, 0.2) is 11.5 Å². The molecule has 1 aromatic heterocycles. The molecule has 6 nitrogen and oxygen atoms in total. The molecule has 1 N–H and O–H groups in total. The van der Waals surface area contributed by atoms with E-state index < -0.39 is 0 Å². The van der Waals surface area contributed by atoms with Crippen molar-refractivity contribution in [2.24, 2.45) is 0 Å². The van der Waals surface area contributed by atoms with Gasteiger partial charge in [0.05, 0.1) is 14.2 Å². The number of allylic oxidation sites excluding steroid dienone is 1. The maximum absolute atomic E-state index is 5.42. The van der Waals surface area contributed by atoms with Crippen molar-refractivity contribution in [1.29, 1.82) is 0 Å². The van der Waals surface area contributed by atoms with Crippen LogP contribution in [0.3, 0.4) is 0 Å². The molecule has 0 saturated heterocycles. The summed E-state index contributed by atoms with van der Waals surface area (Å²) in [5.74, 6) is 2.09. The van der Waals surface area contributed by atoms with Crippen LogP contribution in [-0.4, -0.2) is 29.0 Å². The minimum absolute atomic E-state index is 0.0250. The summed E-state index contributed by atoms with van der Waals surface area (Å²) in [6.07, 6.45) is 3.70. The van der Waals surface area contributed by atoms with E-state index in [2.05, 4.69) is 33.6 Å². The number of anilines is 1. The van der Waals surface area contributed by atoms with Crippen LogP contribution >= 0.6 is 0 Å². The van der Waals surface area contributed by atoms with Crippen LogP contribution in [0.25, 0.3) is 5.70 Å². The van der Waals surface area contributed by atoms with Gasteiger partial charge in [-0.05, 0) is 29.8 Å². The van der Waals surface area contributed by atoms with Crippen LogP contribution in [0.15, 0.2) is 60.9 Å². The number of fused-ring (bicyclic) bond motifs is 1. The fraction of sp³-hybridized carbons (Fsp3) is 0.158. The second-order valence-corrected chi connectivity index (χ2v) is 5.66. The molecule has 0 amide bonds. The maximum atomic E-state index is 5.42. The zero-order chi connectivity index (χ0) is 17.2. The van der Waals surface area contributed by atoms with Crippen molar-refractivity contribution in [2.45, 2.75) is 6.04 Å². The number of hydrogen-bond donors (Lipinski definition) is 1. The van der Waals surface area contributed by atoms with Gasteiger partial charge in [0.1, 0.15) is 12.4 Å². The Hall–Kier alpha value is -3.28. The Balaban J connectivity index is 1.79. The minimum atomic E-state index is -0.0250. The Labute approximate surface area is 145 Å². The fourth-order valence-corrected chi connectivity index (χ4v) is 2.99. The normalized spacial score (nSPS) is 15.8. The van der Waals surface area contributed by atoms with Gasteiger partial charge in [0.25, 0.3) is 0 Å². The molecule has 1 unspecified atom stereocenters. The monoisotopic (exact) mass is 334 g/mol. The maximum Gasteiger partial charge on any atom is 0.226 e. The largest absolute Gasteiger partial charge is 0.493 e. The van der Waals surface area contributed by atoms with Crippen molar-refractivity contribution in [3.8, 4) is 11.5 Å². The van der Waals surface area contributed by atoms with E-state index >= 15 is 0 Å². The number of benzene rings is 2. The van der Waals surface area contributed by atoms with Crippen molar-refractivity contribution in [1.82, 2.24) is 14.8 Å². The molecule has 0 bridgehead atoms. The third-order valence-corrected chi connectivity index (χ3v) is 4.24. The summed E-state index contributed by atoms with van der Waals surface area (Å²) in [4.78, 5) is 4.33. The first-order valence-corrected chi connectivity index (χ1v) is 7.96. The second-order valence-electron chi connectivity index (χ2n) is 5.66. The molecule has 1 atom stereocenters. The summed E-state index contributed by atoms with van der Waals surface area (Å²) in [5.41, 5.74) is 3.09. The molecular weight excluding hydrogens is 316 g/mol. The molecule has 0 aliphatic carbocycles. The lowest BCUT2D eigenvalue weighted by molar-refractivity contribution is 0.355. The van der Waals surface area contributed by atoms with Crippen molar-refractivity contribution in [3.05, 3.63) is 72.1 Å². The Morgan fingerprint density at radius 2 is 1.80 bits per heavy atom. The molecule has 1 aliphatic rings. The van der Waals surface area contributed by atoms with Gasteiger partial charge >= 0.3 is 0 Å². The van der Waals surface area contributed by atoms with Crippen LogP contribution in [0.1, 0.15) is 17.2 Å². The highest BCUT2D eigenvalue weighted by molar-refractivity contribution is 5.78. The van der Waals surface area contributed by atoms with E-state index in [9.17, 15) is 0 Å². The van der Waals surface area contributed by atoms with Crippen LogP contribution in [0.5, 0.6) is 11.5 Å². The van der Waals surface area contributed by atoms with Crippen LogP contribution in [0, 0.1) is 0 Å². The number of hydrogen-bond acceptors (Lipinski definition) is 5. The third-order valence-electron chi connectivity index (χ3n) is 4.24. The summed E-state index contributed by atoms with van der Waals surface area (Å²) < 4.78 is 12.6. The van der Waals surface area contributed by atoms with Crippen molar-refractivity contribution >= 4 is 11.6 Å². The highest BCUT2D eigenvalue weighted by atomic mass is 16.5. The van der Waals surface area contributed by atoms with Crippen LogP contribution in [-0.2, 0) is 0 Å². The number of nitrogens with one attached hydrogen (secondary N) is 1. The van der Waals surface area contributed by atoms with E-state index in [0.29, 0.717) is 17.4 Å². The molecule has 0 fully saturated rings. The van der Waals surface area contributed by atoms with E-state index in [1.165, 1.54) is 0 Å². The molecule has 2 aromatic carbocycles.